The molecule has 2 heterocycles. The number of benzene rings is 2. The molecular formula is C21H23F3N2O5S. The Bertz CT molecular complexity index is 1040. The molecule has 2 aliphatic heterocycles. The lowest BCUT2D eigenvalue weighted by Gasteiger charge is -2.26. The molecule has 1 atom stereocenters. The van der Waals surface area contributed by atoms with E-state index in [-0.39, 0.29) is 17.5 Å². The Morgan fingerprint density at radius 1 is 1.06 bits per heavy atom. The second-order valence-electron chi connectivity index (χ2n) is 7.51. The SMILES string of the molecule is O=S(=O)(NCCN1CCCC1c1ccc2c(c1)OCCO2)c1ccc(OC(F)(F)F)cc1. The molecule has 1 unspecified atom stereocenters. The first-order valence-corrected chi connectivity index (χ1v) is 11.7. The number of nitrogens with one attached hydrogen (secondary N) is 1. The standard InChI is InChI=1S/C21H23F3N2O5S/c22-21(23,24)31-16-4-6-17(7-5-16)32(27,28)25-9-11-26-10-1-2-18(26)15-3-8-19-20(14-15)30-13-12-29-19/h3-8,14,18,25H,1-2,9-13H2. The van der Waals surface area contributed by atoms with Crippen LogP contribution >= 0.6 is 0 Å². The summed E-state index contributed by atoms with van der Waals surface area (Å²) in [5.41, 5.74) is 1.09. The molecule has 32 heavy (non-hydrogen) atoms. The predicted octanol–water partition coefficient (Wildman–Crippen LogP) is 3.47. The van der Waals surface area contributed by atoms with Crippen LogP contribution in [-0.2, 0) is 10.0 Å². The van der Waals surface area contributed by atoms with E-state index in [4.69, 9.17) is 9.47 Å². The molecule has 2 aliphatic rings. The fraction of sp³-hybridized carbons (Fsp3) is 0.429. The van der Waals surface area contributed by atoms with Gasteiger partial charge in [0.05, 0.1) is 4.90 Å². The van der Waals surface area contributed by atoms with Gasteiger partial charge < -0.3 is 14.2 Å². The normalized spacial score (nSPS) is 19.2. The van der Waals surface area contributed by atoms with Crippen molar-refractivity contribution in [3.8, 4) is 17.2 Å². The van der Waals surface area contributed by atoms with E-state index < -0.39 is 22.1 Å². The summed E-state index contributed by atoms with van der Waals surface area (Å²) in [5, 5.41) is 0. The largest absolute Gasteiger partial charge is 0.573 e. The number of likely N-dealkylation sites (tertiary alicyclic amines) is 1. The maximum Gasteiger partial charge on any atom is 0.573 e. The smallest absolute Gasteiger partial charge is 0.486 e. The molecule has 0 spiro atoms. The van der Waals surface area contributed by atoms with E-state index in [2.05, 4.69) is 14.4 Å². The maximum absolute atomic E-state index is 12.5. The minimum atomic E-state index is -4.83. The molecule has 1 fully saturated rings. The lowest BCUT2D eigenvalue weighted by Crippen LogP contribution is -2.34. The van der Waals surface area contributed by atoms with E-state index >= 15 is 0 Å². The summed E-state index contributed by atoms with van der Waals surface area (Å²) in [7, 11) is -3.86. The number of ether oxygens (including phenoxy) is 3. The van der Waals surface area contributed by atoms with E-state index in [9.17, 15) is 21.6 Å². The van der Waals surface area contributed by atoms with Gasteiger partial charge in [0.15, 0.2) is 11.5 Å². The molecule has 0 aromatic heterocycles. The van der Waals surface area contributed by atoms with Crippen LogP contribution in [0, 0.1) is 0 Å². The number of halogens is 3. The van der Waals surface area contributed by atoms with E-state index in [1.165, 1.54) is 0 Å². The number of alkyl halides is 3. The van der Waals surface area contributed by atoms with Gasteiger partial charge in [0.25, 0.3) is 0 Å². The van der Waals surface area contributed by atoms with Crippen LogP contribution in [0.2, 0.25) is 0 Å². The molecule has 7 nitrogen and oxygen atoms in total. The summed E-state index contributed by atoms with van der Waals surface area (Å²) in [5.74, 6) is 0.971. The van der Waals surface area contributed by atoms with Crippen LogP contribution in [0.4, 0.5) is 13.2 Å². The Morgan fingerprint density at radius 2 is 1.78 bits per heavy atom. The first-order valence-electron chi connectivity index (χ1n) is 10.2. The minimum Gasteiger partial charge on any atom is -0.486 e. The second kappa shape index (κ2) is 9.16. The predicted molar refractivity (Wildman–Crippen MR) is 109 cm³/mol. The van der Waals surface area contributed by atoms with Gasteiger partial charge in [-0.3, -0.25) is 4.90 Å². The summed E-state index contributed by atoms with van der Waals surface area (Å²) in [4.78, 5) is 2.07. The van der Waals surface area contributed by atoms with Gasteiger partial charge in [-0.05, 0) is 61.3 Å². The summed E-state index contributed by atoms with van der Waals surface area (Å²) >= 11 is 0. The van der Waals surface area contributed by atoms with Gasteiger partial charge in [-0.1, -0.05) is 6.07 Å². The summed E-state index contributed by atoms with van der Waals surface area (Å²) in [6, 6.07) is 10.1. The highest BCUT2D eigenvalue weighted by atomic mass is 32.2. The third-order valence-corrected chi connectivity index (χ3v) is 6.85. The van der Waals surface area contributed by atoms with Crippen molar-refractivity contribution >= 4 is 10.0 Å². The van der Waals surface area contributed by atoms with Gasteiger partial charge in [0, 0.05) is 19.1 Å². The quantitative estimate of drug-likeness (QED) is 0.665. The Kier molecular flexibility index (Phi) is 6.50. The number of hydrogen-bond acceptors (Lipinski definition) is 6. The minimum absolute atomic E-state index is 0.128. The van der Waals surface area contributed by atoms with Crippen LogP contribution in [0.1, 0.15) is 24.4 Å². The van der Waals surface area contributed by atoms with Crippen molar-refractivity contribution in [2.24, 2.45) is 0 Å². The van der Waals surface area contributed by atoms with Gasteiger partial charge in [-0.2, -0.15) is 0 Å². The van der Waals surface area contributed by atoms with Crippen molar-refractivity contribution in [1.29, 1.82) is 0 Å². The van der Waals surface area contributed by atoms with E-state index in [0.29, 0.717) is 19.8 Å². The number of sulfonamides is 1. The second-order valence-corrected chi connectivity index (χ2v) is 9.28. The fourth-order valence-electron chi connectivity index (χ4n) is 3.97. The summed E-state index contributed by atoms with van der Waals surface area (Å²) in [6.07, 6.45) is -2.89. The van der Waals surface area contributed by atoms with Crippen molar-refractivity contribution in [3.63, 3.8) is 0 Å². The van der Waals surface area contributed by atoms with Crippen LogP contribution in [-0.4, -0.2) is 52.5 Å². The maximum atomic E-state index is 12.5. The highest BCUT2D eigenvalue weighted by Gasteiger charge is 2.31. The first kappa shape index (κ1) is 22.7. The lowest BCUT2D eigenvalue weighted by atomic mass is 10.0. The number of hydrogen-bond donors (Lipinski definition) is 1. The topological polar surface area (TPSA) is 77.1 Å². The average molecular weight is 472 g/mol. The third-order valence-electron chi connectivity index (χ3n) is 5.37. The highest BCUT2D eigenvalue weighted by molar-refractivity contribution is 7.89. The Hall–Kier alpha value is -2.50. The molecule has 0 bridgehead atoms. The van der Waals surface area contributed by atoms with Crippen molar-refractivity contribution in [2.45, 2.75) is 30.1 Å². The molecule has 0 aliphatic carbocycles. The number of nitrogens with zero attached hydrogens (tertiary/aromatic N) is 1. The summed E-state index contributed by atoms with van der Waals surface area (Å²) in [6.45, 7) is 2.54. The Labute approximate surface area is 184 Å². The molecule has 2 aromatic carbocycles. The number of fused-ring (bicyclic) bond motifs is 1. The monoisotopic (exact) mass is 472 g/mol. The fourth-order valence-corrected chi connectivity index (χ4v) is 4.99. The van der Waals surface area contributed by atoms with E-state index in [1.54, 1.807) is 0 Å². The zero-order valence-electron chi connectivity index (χ0n) is 17.1. The molecule has 0 radical (unpaired) electrons. The molecule has 4 rings (SSSR count). The van der Waals surface area contributed by atoms with E-state index in [0.717, 1.165) is 60.7 Å². The van der Waals surface area contributed by atoms with Crippen LogP contribution < -0.4 is 18.9 Å². The molecule has 1 N–H and O–H groups in total. The zero-order chi connectivity index (χ0) is 22.8. The van der Waals surface area contributed by atoms with Crippen LogP contribution in [0.15, 0.2) is 47.4 Å². The molecule has 0 amide bonds. The van der Waals surface area contributed by atoms with Crippen molar-refractivity contribution in [2.75, 3.05) is 32.8 Å². The molecule has 174 valence electrons. The van der Waals surface area contributed by atoms with Crippen LogP contribution in [0.25, 0.3) is 0 Å². The molecular weight excluding hydrogens is 449 g/mol. The lowest BCUT2D eigenvalue weighted by molar-refractivity contribution is -0.274. The molecule has 2 aromatic rings. The first-order chi connectivity index (χ1) is 15.2. The highest BCUT2D eigenvalue weighted by Crippen LogP contribution is 2.37. The third kappa shape index (κ3) is 5.45. The van der Waals surface area contributed by atoms with Gasteiger partial charge in [0.2, 0.25) is 10.0 Å². The average Bonchev–Trinajstić information content (AvgIpc) is 3.21. The molecule has 1 saturated heterocycles. The van der Waals surface area contributed by atoms with Crippen molar-refractivity contribution in [1.82, 2.24) is 9.62 Å². The van der Waals surface area contributed by atoms with Crippen molar-refractivity contribution < 1.29 is 35.8 Å². The molecule has 0 saturated carbocycles. The Balaban J connectivity index is 1.35. The van der Waals surface area contributed by atoms with Gasteiger partial charge >= 0.3 is 6.36 Å². The van der Waals surface area contributed by atoms with Gasteiger partial charge in [-0.15, -0.1) is 13.2 Å². The van der Waals surface area contributed by atoms with Gasteiger partial charge in [-0.25, -0.2) is 13.1 Å². The van der Waals surface area contributed by atoms with Crippen molar-refractivity contribution in [3.05, 3.63) is 48.0 Å². The Morgan fingerprint density at radius 3 is 2.50 bits per heavy atom. The molecule has 11 heteroatoms. The van der Waals surface area contributed by atoms with E-state index in [1.807, 2.05) is 18.2 Å². The zero-order valence-corrected chi connectivity index (χ0v) is 17.9. The van der Waals surface area contributed by atoms with Crippen LogP contribution in [0.3, 0.4) is 0 Å². The van der Waals surface area contributed by atoms with Crippen LogP contribution in [0.5, 0.6) is 17.2 Å². The summed E-state index contributed by atoms with van der Waals surface area (Å²) < 4.78 is 79.3. The van der Waals surface area contributed by atoms with Gasteiger partial charge in [0.1, 0.15) is 19.0 Å². The number of rotatable bonds is 7.